The highest BCUT2D eigenvalue weighted by molar-refractivity contribution is 5.75. The molecule has 1 fully saturated rings. The van der Waals surface area contributed by atoms with Crippen molar-refractivity contribution < 1.29 is 9.18 Å². The van der Waals surface area contributed by atoms with Gasteiger partial charge in [0.25, 0.3) is 0 Å². The van der Waals surface area contributed by atoms with Crippen molar-refractivity contribution in [1.29, 1.82) is 0 Å². The van der Waals surface area contributed by atoms with Crippen LogP contribution in [0.25, 0.3) is 11.4 Å². The van der Waals surface area contributed by atoms with E-state index in [0.29, 0.717) is 23.2 Å². The number of aromatic nitrogens is 4. The third kappa shape index (κ3) is 3.77. The Labute approximate surface area is 140 Å². The van der Waals surface area contributed by atoms with E-state index in [0.717, 1.165) is 12.8 Å². The van der Waals surface area contributed by atoms with E-state index < -0.39 is 0 Å². The normalized spacial score (nSPS) is 23.9. The number of amides is 1. The van der Waals surface area contributed by atoms with E-state index >= 15 is 0 Å². The number of carbonyl (C=O) groups excluding carboxylic acids is 1. The zero-order chi connectivity index (χ0) is 17.1. The van der Waals surface area contributed by atoms with Gasteiger partial charge in [-0.1, -0.05) is 38.8 Å². The van der Waals surface area contributed by atoms with Gasteiger partial charge in [-0.05, 0) is 35.6 Å². The molecule has 1 amide bonds. The first kappa shape index (κ1) is 16.5. The lowest BCUT2D eigenvalue weighted by Crippen LogP contribution is -2.45. The predicted molar refractivity (Wildman–Crippen MR) is 87.3 cm³/mol. The number of nitrogens with one attached hydrogen (secondary N) is 1. The molecule has 128 valence electrons. The Balaban J connectivity index is 1.61. The van der Waals surface area contributed by atoms with Gasteiger partial charge in [-0.15, -0.1) is 10.2 Å². The molecule has 0 spiro atoms. The molecule has 1 aliphatic rings. The first-order valence-electron chi connectivity index (χ1n) is 8.36. The fraction of sp³-hybridized carbons (Fsp3) is 0.529. The molecular weight excluding hydrogens is 309 g/mol. The molecule has 1 aromatic heterocycles. The van der Waals surface area contributed by atoms with Gasteiger partial charge in [-0.25, -0.2) is 4.39 Å². The lowest BCUT2D eigenvalue weighted by molar-refractivity contribution is -0.123. The number of tetrazole rings is 1. The van der Waals surface area contributed by atoms with Crippen molar-refractivity contribution >= 4 is 5.91 Å². The maximum Gasteiger partial charge on any atom is 0.243 e. The Morgan fingerprint density at radius 3 is 3.00 bits per heavy atom. The first-order valence-corrected chi connectivity index (χ1v) is 8.36. The molecule has 1 aromatic carbocycles. The minimum atomic E-state index is -0.359. The summed E-state index contributed by atoms with van der Waals surface area (Å²) in [6, 6.07) is 6.19. The van der Waals surface area contributed by atoms with E-state index in [2.05, 4.69) is 34.6 Å². The van der Waals surface area contributed by atoms with Crippen LogP contribution in [0.15, 0.2) is 24.3 Å². The van der Waals surface area contributed by atoms with E-state index in [4.69, 9.17) is 0 Å². The Hall–Kier alpha value is -2.31. The van der Waals surface area contributed by atoms with Gasteiger partial charge >= 0.3 is 0 Å². The molecule has 3 atom stereocenters. The lowest BCUT2D eigenvalue weighted by atomic mass is 9.78. The maximum absolute atomic E-state index is 13.3. The Morgan fingerprint density at radius 1 is 1.38 bits per heavy atom. The summed E-state index contributed by atoms with van der Waals surface area (Å²) in [5.41, 5.74) is 0.538. The molecule has 7 heteroatoms. The largest absolute Gasteiger partial charge is 0.351 e. The van der Waals surface area contributed by atoms with Crippen LogP contribution in [0.2, 0.25) is 0 Å². The van der Waals surface area contributed by atoms with Crippen molar-refractivity contribution in [3.05, 3.63) is 30.1 Å². The summed E-state index contributed by atoms with van der Waals surface area (Å²) < 4.78 is 13.3. The molecule has 1 saturated carbocycles. The Bertz CT molecular complexity index is 717. The third-order valence-electron chi connectivity index (χ3n) is 4.87. The second-order valence-electron chi connectivity index (χ2n) is 6.60. The summed E-state index contributed by atoms with van der Waals surface area (Å²) in [5.74, 6) is 0.912. The fourth-order valence-electron chi connectivity index (χ4n) is 3.22. The Kier molecular flexibility index (Phi) is 4.87. The SMILES string of the molecule is C[C@H]1[C@@H](NC(=O)Cn2nnc(-c3cccc(F)c3)n2)CCC[C@@H]1C. The van der Waals surface area contributed by atoms with Gasteiger partial charge in [0, 0.05) is 11.6 Å². The second kappa shape index (κ2) is 7.07. The number of benzene rings is 1. The van der Waals surface area contributed by atoms with E-state index in [-0.39, 0.29) is 24.3 Å². The number of rotatable bonds is 4. The molecule has 6 nitrogen and oxygen atoms in total. The monoisotopic (exact) mass is 331 g/mol. The molecular formula is C17H22FN5O. The van der Waals surface area contributed by atoms with Crippen LogP contribution in [0.4, 0.5) is 4.39 Å². The van der Waals surface area contributed by atoms with Gasteiger partial charge in [0.2, 0.25) is 11.7 Å². The van der Waals surface area contributed by atoms with Gasteiger partial charge in [0.15, 0.2) is 0 Å². The van der Waals surface area contributed by atoms with Crippen molar-refractivity contribution in [2.75, 3.05) is 0 Å². The van der Waals surface area contributed by atoms with Gasteiger partial charge in [-0.3, -0.25) is 4.79 Å². The van der Waals surface area contributed by atoms with E-state index in [9.17, 15) is 9.18 Å². The first-order chi connectivity index (χ1) is 11.5. The molecule has 0 bridgehead atoms. The third-order valence-corrected chi connectivity index (χ3v) is 4.87. The summed E-state index contributed by atoms with van der Waals surface area (Å²) in [6.45, 7) is 4.43. The molecule has 1 N–H and O–H groups in total. The fourth-order valence-corrected chi connectivity index (χ4v) is 3.22. The van der Waals surface area contributed by atoms with E-state index in [1.807, 2.05) is 0 Å². The van der Waals surface area contributed by atoms with Crippen LogP contribution in [0, 0.1) is 17.7 Å². The molecule has 0 unspecified atom stereocenters. The van der Waals surface area contributed by atoms with Gasteiger partial charge in [-0.2, -0.15) is 4.80 Å². The van der Waals surface area contributed by atoms with Gasteiger partial charge in [0.05, 0.1) is 0 Å². The van der Waals surface area contributed by atoms with Crippen LogP contribution in [0.3, 0.4) is 0 Å². The summed E-state index contributed by atoms with van der Waals surface area (Å²) in [5, 5.41) is 15.0. The molecule has 0 radical (unpaired) electrons. The van der Waals surface area contributed by atoms with Crippen LogP contribution < -0.4 is 5.32 Å². The minimum Gasteiger partial charge on any atom is -0.351 e. The molecule has 0 saturated heterocycles. The standard InChI is InChI=1S/C17H22FN5O/c1-11-5-3-8-15(12(11)2)19-16(24)10-23-21-17(20-22-23)13-6-4-7-14(18)9-13/h4,6-7,9,11-12,15H,3,5,8,10H2,1-2H3,(H,19,24)/t11-,12+,15-/m0/s1. The quantitative estimate of drug-likeness (QED) is 0.934. The highest BCUT2D eigenvalue weighted by atomic mass is 19.1. The minimum absolute atomic E-state index is 0.0138. The molecule has 0 aliphatic heterocycles. The summed E-state index contributed by atoms with van der Waals surface area (Å²) in [6.07, 6.45) is 3.37. The number of hydrogen-bond donors (Lipinski definition) is 1. The number of hydrogen-bond acceptors (Lipinski definition) is 4. The van der Waals surface area contributed by atoms with Crippen molar-refractivity contribution in [3.63, 3.8) is 0 Å². The number of nitrogens with zero attached hydrogens (tertiary/aromatic N) is 4. The van der Waals surface area contributed by atoms with Crippen LogP contribution >= 0.6 is 0 Å². The average Bonchev–Trinajstić information content (AvgIpc) is 3.00. The van der Waals surface area contributed by atoms with Crippen molar-refractivity contribution in [2.24, 2.45) is 11.8 Å². The van der Waals surface area contributed by atoms with Crippen LogP contribution in [0.1, 0.15) is 33.1 Å². The second-order valence-corrected chi connectivity index (χ2v) is 6.60. The summed E-state index contributed by atoms with van der Waals surface area (Å²) in [4.78, 5) is 13.5. The van der Waals surface area contributed by atoms with E-state index in [1.54, 1.807) is 12.1 Å². The zero-order valence-electron chi connectivity index (χ0n) is 13.9. The summed E-state index contributed by atoms with van der Waals surface area (Å²) >= 11 is 0. The predicted octanol–water partition coefficient (Wildman–Crippen LogP) is 2.42. The number of carbonyl (C=O) groups is 1. The van der Waals surface area contributed by atoms with Crippen molar-refractivity contribution in [2.45, 2.75) is 45.7 Å². The highest BCUT2D eigenvalue weighted by Gasteiger charge is 2.28. The molecule has 3 rings (SSSR count). The van der Waals surface area contributed by atoms with Crippen LogP contribution in [0.5, 0.6) is 0 Å². The smallest absolute Gasteiger partial charge is 0.243 e. The van der Waals surface area contributed by atoms with E-state index in [1.165, 1.54) is 23.4 Å². The average molecular weight is 331 g/mol. The molecule has 1 aliphatic carbocycles. The number of halogens is 1. The van der Waals surface area contributed by atoms with Gasteiger partial charge < -0.3 is 5.32 Å². The van der Waals surface area contributed by atoms with Crippen LogP contribution in [-0.2, 0) is 11.3 Å². The lowest BCUT2D eigenvalue weighted by Gasteiger charge is -2.34. The molecule has 1 heterocycles. The summed E-state index contributed by atoms with van der Waals surface area (Å²) in [7, 11) is 0. The van der Waals surface area contributed by atoms with Crippen molar-refractivity contribution in [3.8, 4) is 11.4 Å². The topological polar surface area (TPSA) is 72.7 Å². The molecule has 24 heavy (non-hydrogen) atoms. The highest BCUT2D eigenvalue weighted by Crippen LogP contribution is 2.29. The molecule has 2 aromatic rings. The van der Waals surface area contributed by atoms with Crippen LogP contribution in [-0.4, -0.2) is 32.2 Å². The van der Waals surface area contributed by atoms with Crippen molar-refractivity contribution in [1.82, 2.24) is 25.5 Å². The zero-order valence-corrected chi connectivity index (χ0v) is 13.9. The Morgan fingerprint density at radius 2 is 2.21 bits per heavy atom. The van der Waals surface area contributed by atoms with Gasteiger partial charge in [0.1, 0.15) is 12.4 Å². The maximum atomic E-state index is 13.3.